The van der Waals surface area contributed by atoms with Gasteiger partial charge in [-0.05, 0) is 43.9 Å². The van der Waals surface area contributed by atoms with Crippen molar-refractivity contribution in [2.24, 2.45) is 5.92 Å². The molecule has 2 aliphatic rings. The van der Waals surface area contributed by atoms with Crippen LogP contribution in [0.2, 0.25) is 0 Å². The highest BCUT2D eigenvalue weighted by atomic mass is 16.5. The van der Waals surface area contributed by atoms with Gasteiger partial charge in [0, 0.05) is 18.4 Å². The summed E-state index contributed by atoms with van der Waals surface area (Å²) in [5.74, 6) is 0.966. The number of carbonyl (C=O) groups is 1. The first-order chi connectivity index (χ1) is 9.69. The van der Waals surface area contributed by atoms with E-state index in [9.17, 15) is 4.79 Å². The van der Waals surface area contributed by atoms with Crippen molar-refractivity contribution in [3.8, 4) is 0 Å². The van der Waals surface area contributed by atoms with Crippen LogP contribution in [0.1, 0.15) is 41.9 Å². The summed E-state index contributed by atoms with van der Waals surface area (Å²) in [5, 5.41) is 0. The molecule has 4 rings (SSSR count). The second-order valence-corrected chi connectivity index (χ2v) is 5.91. The Balaban J connectivity index is 1.63. The highest BCUT2D eigenvalue weighted by Gasteiger charge is 2.38. The summed E-state index contributed by atoms with van der Waals surface area (Å²) >= 11 is 0. The fourth-order valence-corrected chi connectivity index (χ4v) is 3.50. The van der Waals surface area contributed by atoms with E-state index in [4.69, 9.17) is 9.15 Å². The fourth-order valence-electron chi connectivity index (χ4n) is 3.50. The van der Waals surface area contributed by atoms with E-state index in [1.165, 1.54) is 0 Å². The van der Waals surface area contributed by atoms with Crippen molar-refractivity contribution in [3.63, 3.8) is 0 Å². The molecular formula is C16H17NO3. The van der Waals surface area contributed by atoms with Crippen LogP contribution in [0.5, 0.6) is 0 Å². The van der Waals surface area contributed by atoms with Crippen LogP contribution < -0.4 is 0 Å². The molecule has 0 aliphatic carbocycles. The van der Waals surface area contributed by atoms with Gasteiger partial charge in [-0.25, -0.2) is 4.98 Å². The van der Waals surface area contributed by atoms with E-state index < -0.39 is 0 Å². The first kappa shape index (κ1) is 12.1. The number of hydrogen-bond acceptors (Lipinski definition) is 4. The van der Waals surface area contributed by atoms with Crippen molar-refractivity contribution in [3.05, 3.63) is 29.7 Å². The van der Waals surface area contributed by atoms with Gasteiger partial charge in [-0.2, -0.15) is 0 Å². The lowest BCUT2D eigenvalue weighted by Gasteiger charge is -2.27. The minimum atomic E-state index is 0.103. The Morgan fingerprint density at radius 2 is 2.00 bits per heavy atom. The van der Waals surface area contributed by atoms with Crippen LogP contribution in [0.3, 0.4) is 0 Å². The second-order valence-electron chi connectivity index (χ2n) is 5.91. The van der Waals surface area contributed by atoms with Crippen LogP contribution in [-0.2, 0) is 4.74 Å². The molecule has 0 radical (unpaired) electrons. The molecule has 3 heterocycles. The van der Waals surface area contributed by atoms with Gasteiger partial charge in [-0.3, -0.25) is 4.79 Å². The second kappa shape index (κ2) is 4.42. The average molecular weight is 271 g/mol. The average Bonchev–Trinajstić information content (AvgIpc) is 2.98. The lowest BCUT2D eigenvalue weighted by molar-refractivity contribution is -0.0149. The molecule has 20 heavy (non-hydrogen) atoms. The number of aromatic nitrogens is 1. The van der Waals surface area contributed by atoms with Crippen molar-refractivity contribution in [2.75, 3.05) is 0 Å². The molecule has 2 aliphatic heterocycles. The monoisotopic (exact) mass is 271 g/mol. The summed E-state index contributed by atoms with van der Waals surface area (Å²) in [4.78, 5) is 17.0. The topological polar surface area (TPSA) is 52.3 Å². The Hall–Kier alpha value is -1.68. The van der Waals surface area contributed by atoms with Gasteiger partial charge in [-0.1, -0.05) is 0 Å². The predicted octanol–water partition coefficient (Wildman–Crippen LogP) is 3.28. The fraction of sp³-hybridized carbons (Fsp3) is 0.500. The molecule has 1 aromatic heterocycles. The zero-order chi connectivity index (χ0) is 13.7. The number of benzene rings is 1. The third-order valence-electron chi connectivity index (χ3n) is 4.44. The van der Waals surface area contributed by atoms with Crippen LogP contribution in [0, 0.1) is 12.8 Å². The number of nitrogens with zero attached hydrogens (tertiary/aromatic N) is 1. The van der Waals surface area contributed by atoms with E-state index in [0.29, 0.717) is 18.1 Å². The van der Waals surface area contributed by atoms with Crippen molar-refractivity contribution in [1.82, 2.24) is 4.98 Å². The third kappa shape index (κ3) is 1.95. The lowest BCUT2D eigenvalue weighted by atomic mass is 9.88. The van der Waals surface area contributed by atoms with Gasteiger partial charge >= 0.3 is 0 Å². The van der Waals surface area contributed by atoms with Gasteiger partial charge in [0.2, 0.25) is 0 Å². The van der Waals surface area contributed by atoms with E-state index in [-0.39, 0.29) is 11.7 Å². The van der Waals surface area contributed by atoms with Gasteiger partial charge in [0.25, 0.3) is 0 Å². The number of aryl methyl sites for hydroxylation is 1. The van der Waals surface area contributed by atoms with E-state index in [0.717, 1.165) is 42.3 Å². The van der Waals surface area contributed by atoms with E-state index in [1.54, 1.807) is 0 Å². The molecular weight excluding hydrogens is 254 g/mol. The summed E-state index contributed by atoms with van der Waals surface area (Å²) in [7, 11) is 0. The first-order valence-electron chi connectivity index (χ1n) is 7.26. The van der Waals surface area contributed by atoms with E-state index in [1.807, 2.05) is 25.1 Å². The Kier molecular flexibility index (Phi) is 2.67. The number of carbonyl (C=O) groups excluding carboxylic acids is 1. The molecule has 104 valence electrons. The molecule has 2 aromatic rings. The number of hydrogen-bond donors (Lipinski definition) is 0. The Morgan fingerprint density at radius 1 is 1.25 bits per heavy atom. The maximum atomic E-state index is 12.7. The van der Waals surface area contributed by atoms with Gasteiger partial charge < -0.3 is 9.15 Å². The molecule has 0 N–H and O–H groups in total. The normalized spacial score (nSPS) is 28.9. The molecule has 0 amide bonds. The predicted molar refractivity (Wildman–Crippen MR) is 73.7 cm³/mol. The molecule has 2 fully saturated rings. The minimum absolute atomic E-state index is 0.103. The van der Waals surface area contributed by atoms with Crippen LogP contribution in [0.4, 0.5) is 0 Å². The maximum absolute atomic E-state index is 12.7. The van der Waals surface area contributed by atoms with Crippen LogP contribution in [0.25, 0.3) is 11.1 Å². The molecule has 2 saturated heterocycles. The largest absolute Gasteiger partial charge is 0.441 e. The van der Waals surface area contributed by atoms with E-state index >= 15 is 0 Å². The van der Waals surface area contributed by atoms with Crippen molar-refractivity contribution < 1.29 is 13.9 Å². The quantitative estimate of drug-likeness (QED) is 0.786. The number of ether oxygens (including phenoxy) is 1. The zero-order valence-corrected chi connectivity index (χ0v) is 11.5. The Morgan fingerprint density at radius 3 is 2.75 bits per heavy atom. The molecule has 0 saturated carbocycles. The van der Waals surface area contributed by atoms with Crippen LogP contribution in [0.15, 0.2) is 22.6 Å². The van der Waals surface area contributed by atoms with E-state index in [2.05, 4.69) is 4.98 Å². The van der Waals surface area contributed by atoms with Crippen molar-refractivity contribution in [1.29, 1.82) is 0 Å². The smallest absolute Gasteiger partial charge is 0.192 e. The van der Waals surface area contributed by atoms with Crippen LogP contribution >= 0.6 is 0 Å². The summed E-state index contributed by atoms with van der Waals surface area (Å²) in [5.41, 5.74) is 2.26. The highest BCUT2D eigenvalue weighted by molar-refractivity contribution is 6.00. The molecule has 0 spiro atoms. The number of fused-ring (bicyclic) bond motifs is 3. The van der Waals surface area contributed by atoms with Gasteiger partial charge in [0.05, 0.1) is 12.2 Å². The molecule has 4 heteroatoms. The Bertz CT molecular complexity index is 663. The maximum Gasteiger partial charge on any atom is 0.192 e. The van der Waals surface area contributed by atoms with Gasteiger partial charge in [0.15, 0.2) is 17.3 Å². The first-order valence-corrected chi connectivity index (χ1v) is 7.26. The lowest BCUT2D eigenvalue weighted by Crippen LogP contribution is -2.30. The number of ketones is 1. The summed E-state index contributed by atoms with van der Waals surface area (Å²) in [6.07, 6.45) is 4.53. The van der Waals surface area contributed by atoms with Crippen LogP contribution in [-0.4, -0.2) is 23.0 Å². The SMILES string of the molecule is Cc1nc2cc(C(=O)C3CC4CCC(C3)O4)ccc2o1. The number of Topliss-reactive ketones (excluding diaryl/α,β-unsaturated/α-hetero) is 1. The van der Waals surface area contributed by atoms with Gasteiger partial charge in [-0.15, -0.1) is 0 Å². The molecule has 2 atom stereocenters. The molecule has 4 nitrogen and oxygen atoms in total. The number of oxazole rings is 1. The standard InChI is InChI=1S/C16H17NO3/c1-9-17-14-8-10(2-5-15(14)19-9)16(18)11-6-12-3-4-13(7-11)20-12/h2,5,8,11-13H,3-4,6-7H2,1H3. The third-order valence-corrected chi connectivity index (χ3v) is 4.44. The Labute approximate surface area is 117 Å². The highest BCUT2D eigenvalue weighted by Crippen LogP contribution is 2.37. The minimum Gasteiger partial charge on any atom is -0.441 e. The summed E-state index contributed by atoms with van der Waals surface area (Å²) in [6, 6.07) is 5.55. The molecule has 1 aromatic carbocycles. The van der Waals surface area contributed by atoms with Crippen molar-refractivity contribution >= 4 is 16.9 Å². The summed E-state index contributed by atoms with van der Waals surface area (Å²) < 4.78 is 11.3. The van der Waals surface area contributed by atoms with Crippen molar-refractivity contribution in [2.45, 2.75) is 44.8 Å². The summed E-state index contributed by atoms with van der Waals surface area (Å²) in [6.45, 7) is 1.82. The molecule has 2 bridgehead atoms. The number of rotatable bonds is 2. The van der Waals surface area contributed by atoms with Gasteiger partial charge in [0.1, 0.15) is 5.52 Å². The molecule has 2 unspecified atom stereocenters. The zero-order valence-electron chi connectivity index (χ0n) is 11.5.